The van der Waals surface area contributed by atoms with Gasteiger partial charge in [-0.15, -0.1) is 0 Å². The predicted molar refractivity (Wildman–Crippen MR) is 80.4 cm³/mol. The average Bonchev–Trinajstić information content (AvgIpc) is 2.82. The number of pyridine rings is 1. The molecule has 0 saturated heterocycles. The van der Waals surface area contributed by atoms with Crippen LogP contribution >= 0.6 is 0 Å². The number of rotatable bonds is 3. The van der Waals surface area contributed by atoms with E-state index in [1.807, 2.05) is 12.3 Å². The fraction of sp³-hybridized carbons (Fsp3) is 0.471. The van der Waals surface area contributed by atoms with Crippen LogP contribution in [0, 0.1) is 0 Å². The molecule has 1 aromatic carbocycles. The van der Waals surface area contributed by atoms with Crippen molar-refractivity contribution in [2.24, 2.45) is 0 Å². The van der Waals surface area contributed by atoms with E-state index < -0.39 is 0 Å². The Labute approximate surface area is 115 Å². The SMILES string of the molecule is CCNC1CCC(C)(c2ccc3cccnc3c2)C1. The van der Waals surface area contributed by atoms with Gasteiger partial charge in [-0.1, -0.05) is 32.0 Å². The lowest BCUT2D eigenvalue weighted by molar-refractivity contribution is 0.458. The van der Waals surface area contributed by atoms with Crippen molar-refractivity contribution in [3.8, 4) is 0 Å². The predicted octanol–water partition coefficient (Wildman–Crippen LogP) is 3.65. The van der Waals surface area contributed by atoms with Crippen molar-refractivity contribution in [2.45, 2.75) is 44.6 Å². The van der Waals surface area contributed by atoms with Gasteiger partial charge in [-0.25, -0.2) is 0 Å². The molecule has 2 nitrogen and oxygen atoms in total. The minimum Gasteiger partial charge on any atom is -0.314 e. The molecule has 1 fully saturated rings. The monoisotopic (exact) mass is 254 g/mol. The zero-order valence-corrected chi connectivity index (χ0v) is 11.8. The largest absolute Gasteiger partial charge is 0.314 e. The van der Waals surface area contributed by atoms with E-state index in [4.69, 9.17) is 0 Å². The maximum absolute atomic E-state index is 4.48. The number of nitrogens with one attached hydrogen (secondary N) is 1. The third-order valence-corrected chi connectivity index (χ3v) is 4.54. The first-order valence-electron chi connectivity index (χ1n) is 7.30. The number of benzene rings is 1. The molecule has 0 amide bonds. The lowest BCUT2D eigenvalue weighted by atomic mass is 9.80. The molecule has 1 saturated carbocycles. The molecule has 1 aliphatic carbocycles. The average molecular weight is 254 g/mol. The first kappa shape index (κ1) is 12.6. The molecule has 2 atom stereocenters. The van der Waals surface area contributed by atoms with Gasteiger partial charge in [0, 0.05) is 17.6 Å². The minimum atomic E-state index is 0.304. The highest BCUT2D eigenvalue weighted by Crippen LogP contribution is 2.41. The van der Waals surface area contributed by atoms with Crippen LogP contribution in [0.3, 0.4) is 0 Å². The summed E-state index contributed by atoms with van der Waals surface area (Å²) in [6, 6.07) is 11.6. The van der Waals surface area contributed by atoms with E-state index >= 15 is 0 Å². The quantitative estimate of drug-likeness (QED) is 0.904. The third-order valence-electron chi connectivity index (χ3n) is 4.54. The van der Waals surface area contributed by atoms with E-state index in [1.54, 1.807) is 0 Å². The lowest BCUT2D eigenvalue weighted by Crippen LogP contribution is -2.28. The van der Waals surface area contributed by atoms with Crippen molar-refractivity contribution in [1.82, 2.24) is 10.3 Å². The van der Waals surface area contributed by atoms with Gasteiger partial charge in [-0.3, -0.25) is 4.98 Å². The Morgan fingerprint density at radius 3 is 3.11 bits per heavy atom. The summed E-state index contributed by atoms with van der Waals surface area (Å²) in [7, 11) is 0. The second-order valence-corrected chi connectivity index (χ2v) is 5.97. The summed E-state index contributed by atoms with van der Waals surface area (Å²) in [5.41, 5.74) is 2.87. The normalized spacial score (nSPS) is 26.9. The Kier molecular flexibility index (Phi) is 3.28. The van der Waals surface area contributed by atoms with E-state index in [1.165, 1.54) is 30.2 Å². The first-order chi connectivity index (χ1) is 9.21. The van der Waals surface area contributed by atoms with Crippen LogP contribution in [-0.4, -0.2) is 17.6 Å². The van der Waals surface area contributed by atoms with Crippen molar-refractivity contribution in [3.63, 3.8) is 0 Å². The molecule has 100 valence electrons. The molecule has 3 rings (SSSR count). The highest BCUT2D eigenvalue weighted by molar-refractivity contribution is 5.79. The van der Waals surface area contributed by atoms with Crippen molar-refractivity contribution >= 4 is 10.9 Å². The number of hydrogen-bond donors (Lipinski definition) is 1. The second kappa shape index (κ2) is 4.93. The maximum Gasteiger partial charge on any atom is 0.0704 e. The van der Waals surface area contributed by atoms with Crippen molar-refractivity contribution < 1.29 is 0 Å². The highest BCUT2D eigenvalue weighted by Gasteiger charge is 2.36. The van der Waals surface area contributed by atoms with Gasteiger partial charge in [-0.05, 0) is 48.9 Å². The van der Waals surface area contributed by atoms with E-state index in [0.717, 1.165) is 12.1 Å². The number of fused-ring (bicyclic) bond motifs is 1. The van der Waals surface area contributed by atoms with Gasteiger partial charge in [0.2, 0.25) is 0 Å². The summed E-state index contributed by atoms with van der Waals surface area (Å²) in [5.74, 6) is 0. The molecule has 2 heteroatoms. The van der Waals surface area contributed by atoms with Crippen LogP contribution < -0.4 is 5.32 Å². The highest BCUT2D eigenvalue weighted by atomic mass is 14.9. The lowest BCUT2D eigenvalue weighted by Gasteiger charge is -2.25. The molecule has 1 heterocycles. The van der Waals surface area contributed by atoms with E-state index in [0.29, 0.717) is 11.5 Å². The Morgan fingerprint density at radius 1 is 1.37 bits per heavy atom. The van der Waals surface area contributed by atoms with Crippen molar-refractivity contribution in [2.75, 3.05) is 6.54 Å². The molecule has 0 radical (unpaired) electrons. The Balaban J connectivity index is 1.91. The van der Waals surface area contributed by atoms with Gasteiger partial charge >= 0.3 is 0 Å². The molecular weight excluding hydrogens is 232 g/mol. The maximum atomic E-state index is 4.48. The van der Waals surface area contributed by atoms with E-state index in [9.17, 15) is 0 Å². The smallest absolute Gasteiger partial charge is 0.0704 e. The van der Waals surface area contributed by atoms with Crippen LogP contribution in [-0.2, 0) is 5.41 Å². The summed E-state index contributed by atoms with van der Waals surface area (Å²) >= 11 is 0. The molecule has 19 heavy (non-hydrogen) atoms. The van der Waals surface area contributed by atoms with Gasteiger partial charge < -0.3 is 5.32 Å². The number of hydrogen-bond acceptors (Lipinski definition) is 2. The third kappa shape index (κ3) is 2.37. The molecule has 1 aromatic heterocycles. The number of aromatic nitrogens is 1. The standard InChI is InChI=1S/C17H22N2/c1-3-18-15-8-9-17(2,12-15)14-7-6-13-5-4-10-19-16(13)11-14/h4-7,10-11,15,18H,3,8-9,12H2,1-2H3. The van der Waals surface area contributed by atoms with Crippen molar-refractivity contribution in [3.05, 3.63) is 42.1 Å². The molecule has 0 spiro atoms. The van der Waals surface area contributed by atoms with Gasteiger partial charge in [0.15, 0.2) is 0 Å². The van der Waals surface area contributed by atoms with Crippen LogP contribution in [0.5, 0.6) is 0 Å². The van der Waals surface area contributed by atoms with Gasteiger partial charge in [0.05, 0.1) is 5.52 Å². The Morgan fingerprint density at radius 2 is 2.26 bits per heavy atom. The Bertz CT molecular complexity index is 578. The summed E-state index contributed by atoms with van der Waals surface area (Å²) < 4.78 is 0. The van der Waals surface area contributed by atoms with Crippen LogP contribution in [0.2, 0.25) is 0 Å². The fourth-order valence-electron chi connectivity index (χ4n) is 3.41. The molecule has 2 aromatic rings. The molecule has 1 N–H and O–H groups in total. The zero-order chi connectivity index (χ0) is 13.3. The molecule has 2 unspecified atom stereocenters. The summed E-state index contributed by atoms with van der Waals surface area (Å²) in [5, 5.41) is 4.82. The Hall–Kier alpha value is -1.41. The van der Waals surface area contributed by atoms with Crippen molar-refractivity contribution in [1.29, 1.82) is 0 Å². The van der Waals surface area contributed by atoms with Crippen LogP contribution in [0.1, 0.15) is 38.7 Å². The molecule has 1 aliphatic rings. The van der Waals surface area contributed by atoms with E-state index in [2.05, 4.69) is 48.4 Å². The van der Waals surface area contributed by atoms with Gasteiger partial charge in [0.1, 0.15) is 0 Å². The summed E-state index contributed by atoms with van der Waals surface area (Å²) in [4.78, 5) is 4.48. The minimum absolute atomic E-state index is 0.304. The van der Waals surface area contributed by atoms with Crippen LogP contribution in [0.15, 0.2) is 36.5 Å². The fourth-order valence-corrected chi connectivity index (χ4v) is 3.41. The first-order valence-corrected chi connectivity index (χ1v) is 7.30. The van der Waals surface area contributed by atoms with Gasteiger partial charge in [-0.2, -0.15) is 0 Å². The summed E-state index contributed by atoms with van der Waals surface area (Å²) in [6.45, 7) is 5.66. The summed E-state index contributed by atoms with van der Waals surface area (Å²) in [6.07, 6.45) is 5.66. The molecule has 0 aliphatic heterocycles. The molecule has 0 bridgehead atoms. The van der Waals surface area contributed by atoms with Crippen LogP contribution in [0.4, 0.5) is 0 Å². The topological polar surface area (TPSA) is 24.9 Å². The van der Waals surface area contributed by atoms with Gasteiger partial charge in [0.25, 0.3) is 0 Å². The molecular formula is C17H22N2. The zero-order valence-electron chi connectivity index (χ0n) is 11.8. The second-order valence-electron chi connectivity index (χ2n) is 5.97. The van der Waals surface area contributed by atoms with Crippen LogP contribution in [0.25, 0.3) is 10.9 Å². The van der Waals surface area contributed by atoms with E-state index in [-0.39, 0.29) is 0 Å². The number of nitrogens with zero attached hydrogens (tertiary/aromatic N) is 1.